The highest BCUT2D eigenvalue weighted by molar-refractivity contribution is 7.70. The minimum Gasteiger partial charge on any atom is -0.338 e. The highest BCUT2D eigenvalue weighted by Crippen LogP contribution is 2.39. The van der Waals surface area contributed by atoms with E-state index in [0.29, 0.717) is 33.8 Å². The van der Waals surface area contributed by atoms with Crippen LogP contribution in [0.5, 0.6) is 0 Å². The van der Waals surface area contributed by atoms with Gasteiger partial charge in [0, 0.05) is 17.0 Å². The number of benzene rings is 2. The molecule has 0 unspecified atom stereocenters. The Labute approximate surface area is 217 Å². The summed E-state index contributed by atoms with van der Waals surface area (Å²) in [4.78, 5) is 11.6. The quantitative estimate of drug-likeness (QED) is 0.288. The highest BCUT2D eigenvalue weighted by atomic mass is 35.5. The number of aryl methyl sites for hydroxylation is 2. The Morgan fingerprint density at radius 2 is 1.78 bits per heavy atom. The summed E-state index contributed by atoms with van der Waals surface area (Å²) in [5, 5.41) is 7.15. The van der Waals surface area contributed by atoms with Gasteiger partial charge in [0.05, 0.1) is 11.9 Å². The van der Waals surface area contributed by atoms with Crippen LogP contribution in [0.15, 0.2) is 42.6 Å². The molecular formula is C27H32ClFN5OP. The maximum absolute atomic E-state index is 13.8. The van der Waals surface area contributed by atoms with Crippen LogP contribution >= 0.6 is 18.7 Å². The van der Waals surface area contributed by atoms with Gasteiger partial charge in [-0.3, -0.25) is 0 Å². The SMILES string of the molecule is CP(C)(=O)c1cc(F)ccc1Nc1nc(Nc2ccc3c(c2)CC[C@@H](N2CCCC2)CC3)ncc1Cl. The minimum absolute atomic E-state index is 0.313. The molecule has 1 fully saturated rings. The second-order valence-corrected chi connectivity index (χ2v) is 13.7. The summed E-state index contributed by atoms with van der Waals surface area (Å²) in [7, 11) is -2.74. The van der Waals surface area contributed by atoms with Crippen molar-refractivity contribution in [3.63, 3.8) is 0 Å². The van der Waals surface area contributed by atoms with E-state index in [4.69, 9.17) is 11.6 Å². The summed E-state index contributed by atoms with van der Waals surface area (Å²) in [6.45, 7) is 5.69. The zero-order chi connectivity index (χ0) is 25.3. The third-order valence-electron chi connectivity index (χ3n) is 7.15. The number of nitrogens with zero attached hydrogens (tertiary/aromatic N) is 3. The van der Waals surface area contributed by atoms with Crippen molar-refractivity contribution >= 4 is 47.2 Å². The average molecular weight is 528 g/mol. The van der Waals surface area contributed by atoms with Crippen LogP contribution in [-0.4, -0.2) is 47.3 Å². The lowest BCUT2D eigenvalue weighted by atomic mass is 10.0. The fourth-order valence-electron chi connectivity index (χ4n) is 5.27. The maximum atomic E-state index is 13.8. The largest absolute Gasteiger partial charge is 0.338 e. The summed E-state index contributed by atoms with van der Waals surface area (Å²) in [6.07, 6.45) is 8.78. The molecule has 2 heterocycles. The van der Waals surface area contributed by atoms with Crippen LogP contribution < -0.4 is 15.9 Å². The van der Waals surface area contributed by atoms with Gasteiger partial charge in [0.25, 0.3) is 0 Å². The second-order valence-electron chi connectivity index (χ2n) is 10.1. The predicted molar refractivity (Wildman–Crippen MR) is 147 cm³/mol. The fraction of sp³-hybridized carbons (Fsp3) is 0.407. The average Bonchev–Trinajstić information content (AvgIpc) is 3.29. The van der Waals surface area contributed by atoms with Gasteiger partial charge in [0.15, 0.2) is 5.82 Å². The van der Waals surface area contributed by atoms with Crippen LogP contribution in [0.3, 0.4) is 0 Å². The van der Waals surface area contributed by atoms with Crippen LogP contribution in [0, 0.1) is 5.82 Å². The normalized spacial score (nSPS) is 18.5. The van der Waals surface area contributed by atoms with Crippen LogP contribution in [0.1, 0.15) is 36.8 Å². The van der Waals surface area contributed by atoms with Crippen molar-refractivity contribution in [1.82, 2.24) is 14.9 Å². The lowest BCUT2D eigenvalue weighted by molar-refractivity contribution is 0.222. The predicted octanol–water partition coefficient (Wildman–Crippen LogP) is 6.35. The Balaban J connectivity index is 1.33. The molecule has 1 aliphatic carbocycles. The van der Waals surface area contributed by atoms with Crippen molar-refractivity contribution in [2.24, 2.45) is 0 Å². The van der Waals surface area contributed by atoms with Crippen LogP contribution in [-0.2, 0) is 17.4 Å². The molecule has 3 aromatic rings. The number of likely N-dealkylation sites (tertiary alicyclic amines) is 1. The molecule has 0 amide bonds. The van der Waals surface area contributed by atoms with Gasteiger partial charge in [0.2, 0.25) is 5.95 Å². The fourth-order valence-corrected chi connectivity index (χ4v) is 6.55. The Hall–Kier alpha value is -2.47. The van der Waals surface area contributed by atoms with E-state index in [1.54, 1.807) is 19.4 Å². The van der Waals surface area contributed by atoms with E-state index in [1.807, 2.05) is 0 Å². The topological polar surface area (TPSA) is 70.2 Å². The summed E-state index contributed by atoms with van der Waals surface area (Å²) < 4.78 is 26.6. The van der Waals surface area contributed by atoms with Gasteiger partial charge in [-0.2, -0.15) is 4.98 Å². The number of aromatic nitrogens is 2. The first-order chi connectivity index (χ1) is 17.3. The number of hydrogen-bond acceptors (Lipinski definition) is 6. The third kappa shape index (κ3) is 5.74. The molecule has 0 saturated carbocycles. The molecule has 1 aromatic heterocycles. The summed E-state index contributed by atoms with van der Waals surface area (Å²) in [6, 6.07) is 11.3. The van der Waals surface area contributed by atoms with Crippen molar-refractivity contribution < 1.29 is 8.96 Å². The molecular weight excluding hydrogens is 496 g/mol. The Kier molecular flexibility index (Phi) is 7.34. The molecule has 6 nitrogen and oxygen atoms in total. The molecule has 2 aromatic carbocycles. The molecule has 1 saturated heterocycles. The van der Waals surface area contributed by atoms with Gasteiger partial charge in [-0.25, -0.2) is 9.37 Å². The van der Waals surface area contributed by atoms with E-state index < -0.39 is 13.0 Å². The first kappa shape index (κ1) is 25.2. The maximum Gasteiger partial charge on any atom is 0.229 e. The summed E-state index contributed by atoms with van der Waals surface area (Å²) in [5.74, 6) is 0.314. The summed E-state index contributed by atoms with van der Waals surface area (Å²) in [5.41, 5.74) is 4.24. The number of anilines is 4. The Bertz CT molecular complexity index is 1310. The van der Waals surface area contributed by atoms with Gasteiger partial charge in [-0.1, -0.05) is 17.7 Å². The Morgan fingerprint density at radius 3 is 2.53 bits per heavy atom. The number of halogens is 2. The molecule has 1 aliphatic heterocycles. The van der Waals surface area contributed by atoms with Gasteiger partial charge in [-0.05, 0) is 106 Å². The molecule has 9 heteroatoms. The van der Waals surface area contributed by atoms with Crippen LogP contribution in [0.4, 0.5) is 27.5 Å². The first-order valence-electron chi connectivity index (χ1n) is 12.5. The van der Waals surface area contributed by atoms with Crippen molar-refractivity contribution in [2.75, 3.05) is 37.1 Å². The standard InChI is InChI=1S/C27H32ClFN5OP/c1-36(2,35)25-16-20(29)8-12-24(25)32-26-23(28)17-30-27(33-26)31-21-9-5-18-6-10-22(11-7-19(18)15-21)34-13-3-4-14-34/h5,8-9,12,15-17,22H,3-4,6-7,10-11,13-14H2,1-2H3,(H2,30,31,32,33)/t22-/m0/s1. The highest BCUT2D eigenvalue weighted by Gasteiger charge is 2.24. The zero-order valence-corrected chi connectivity index (χ0v) is 22.4. The third-order valence-corrected chi connectivity index (χ3v) is 8.96. The van der Waals surface area contributed by atoms with E-state index in [2.05, 4.69) is 43.7 Å². The van der Waals surface area contributed by atoms with Gasteiger partial charge in [0.1, 0.15) is 18.0 Å². The molecule has 2 N–H and O–H groups in total. The van der Waals surface area contributed by atoms with Crippen molar-refractivity contribution in [1.29, 1.82) is 0 Å². The van der Waals surface area contributed by atoms with Crippen LogP contribution in [0.25, 0.3) is 0 Å². The first-order valence-corrected chi connectivity index (χ1v) is 15.5. The molecule has 0 bridgehead atoms. The van der Waals surface area contributed by atoms with Crippen molar-refractivity contribution in [2.45, 2.75) is 44.6 Å². The lowest BCUT2D eigenvalue weighted by Gasteiger charge is -2.25. The zero-order valence-electron chi connectivity index (χ0n) is 20.7. The molecule has 5 rings (SSSR count). The number of rotatable bonds is 6. The molecule has 0 spiro atoms. The van der Waals surface area contributed by atoms with Gasteiger partial charge < -0.3 is 20.1 Å². The second kappa shape index (κ2) is 10.5. The van der Waals surface area contributed by atoms with Gasteiger partial charge >= 0.3 is 0 Å². The number of hydrogen-bond donors (Lipinski definition) is 2. The minimum atomic E-state index is -2.74. The van der Waals surface area contributed by atoms with E-state index in [-0.39, 0.29) is 0 Å². The lowest BCUT2D eigenvalue weighted by Crippen LogP contribution is -2.32. The summed E-state index contributed by atoms with van der Waals surface area (Å²) >= 11 is 6.37. The molecule has 2 aliphatic rings. The van der Waals surface area contributed by atoms with Crippen molar-refractivity contribution in [3.8, 4) is 0 Å². The van der Waals surface area contributed by atoms with Crippen molar-refractivity contribution in [3.05, 3.63) is 64.6 Å². The molecule has 1 atom stereocenters. The molecule has 190 valence electrons. The Morgan fingerprint density at radius 1 is 1.03 bits per heavy atom. The van der Waals surface area contributed by atoms with Crippen LogP contribution in [0.2, 0.25) is 5.02 Å². The molecule has 36 heavy (non-hydrogen) atoms. The van der Waals surface area contributed by atoms with Gasteiger partial charge in [-0.15, -0.1) is 0 Å². The van der Waals surface area contributed by atoms with E-state index in [1.165, 1.54) is 68.2 Å². The smallest absolute Gasteiger partial charge is 0.229 e. The van der Waals surface area contributed by atoms with E-state index in [9.17, 15) is 8.96 Å². The molecule has 0 radical (unpaired) electrons. The number of nitrogens with one attached hydrogen (secondary N) is 2. The van der Waals surface area contributed by atoms with E-state index >= 15 is 0 Å². The number of fused-ring (bicyclic) bond motifs is 1. The monoisotopic (exact) mass is 527 g/mol. The van der Waals surface area contributed by atoms with E-state index in [0.717, 1.165) is 18.5 Å².